The Bertz CT molecular complexity index is 3630. The number of nitrogens with two attached hydrogens (primary N) is 1. The Morgan fingerprint density at radius 1 is 0.662 bits per heavy atom. The third kappa shape index (κ3) is 11.3. The number of benzene rings is 1. The van der Waals surface area contributed by atoms with E-state index in [0.717, 1.165) is 116 Å². The van der Waals surface area contributed by atoms with E-state index < -0.39 is 0 Å². The Morgan fingerprint density at radius 2 is 1.15 bits per heavy atom. The zero-order valence-corrected chi connectivity index (χ0v) is 47.6. The van der Waals surface area contributed by atoms with E-state index >= 15 is 0 Å². The van der Waals surface area contributed by atoms with Crippen LogP contribution >= 0.6 is 75.1 Å². The standard InChI is InChI=1S/C21H17BrFN5S.C10H10BrN3O.C10H12BrN3.C10H11BrN2/c1-4-16-20(17-10-14(22)9-12(2)28(17)26-16)27(3)21-25-19(18(11-24)29-21)13-5-7-15(23)8-6-13;1-3-8-10(13-15)9-5-7(11)4-6(2)14(9)12-8;1-3-8-10(12)9-5-7(11)4-6(2)14(9)13-8;1-3-9-6-10-5-8(11)4-7(2)13(10)12-9/h5-10H,4H2,1-3H3;4-5H,3H2,1-2H3;4-5H,3,12H2,1-2H3;4-6H,3H2,1-2H3. The van der Waals surface area contributed by atoms with Crippen LogP contribution in [0.15, 0.2) is 102 Å². The third-order valence-corrected chi connectivity index (χ3v) is 14.4. The molecule has 0 aliphatic heterocycles. The molecule has 0 atom stereocenters. The first kappa shape index (κ1) is 53.0. The van der Waals surface area contributed by atoms with Crippen LogP contribution in [0.1, 0.15) is 78.1 Å². The van der Waals surface area contributed by atoms with E-state index in [4.69, 9.17) is 15.8 Å². The Kier molecular flexibility index (Phi) is 16.9. The van der Waals surface area contributed by atoms with Crippen molar-refractivity contribution < 1.29 is 4.39 Å². The summed E-state index contributed by atoms with van der Waals surface area (Å²) in [4.78, 5) is 17.9. The number of nitrogen functional groups attached to an aromatic ring is 1. The molecule has 9 aromatic heterocycles. The lowest BCUT2D eigenvalue weighted by atomic mass is 10.1. The summed E-state index contributed by atoms with van der Waals surface area (Å²) in [6.45, 7) is 16.2. The summed E-state index contributed by atoms with van der Waals surface area (Å²) >= 11 is 15.2. The van der Waals surface area contributed by atoms with Gasteiger partial charge in [-0.3, -0.25) is 0 Å². The van der Waals surface area contributed by atoms with Gasteiger partial charge in [-0.1, -0.05) is 103 Å². The summed E-state index contributed by atoms with van der Waals surface area (Å²) in [6, 6.07) is 26.4. The van der Waals surface area contributed by atoms with Crippen molar-refractivity contribution in [2.45, 2.75) is 81.1 Å². The first-order chi connectivity index (χ1) is 33.9. The molecule has 0 spiro atoms. The minimum absolute atomic E-state index is 0.320. The predicted molar refractivity (Wildman–Crippen MR) is 298 cm³/mol. The lowest BCUT2D eigenvalue weighted by Crippen LogP contribution is -2.10. The lowest BCUT2D eigenvalue weighted by Gasteiger charge is -2.16. The second-order valence-corrected chi connectivity index (χ2v) is 21.1. The highest BCUT2D eigenvalue weighted by atomic mass is 79.9. The first-order valence-corrected chi connectivity index (χ1v) is 26.6. The number of fused-ring (bicyclic) bond motifs is 4. The van der Waals surface area contributed by atoms with E-state index in [0.29, 0.717) is 33.4 Å². The molecule has 0 bridgehead atoms. The lowest BCUT2D eigenvalue weighted by molar-refractivity contribution is 0.628. The zero-order chi connectivity index (χ0) is 51.4. The van der Waals surface area contributed by atoms with E-state index in [1.807, 2.05) is 89.6 Å². The highest BCUT2D eigenvalue weighted by molar-refractivity contribution is 9.11. The number of rotatable bonds is 8. The van der Waals surface area contributed by atoms with Crippen molar-refractivity contribution in [3.63, 3.8) is 0 Å². The summed E-state index contributed by atoms with van der Waals surface area (Å²) in [5, 5.41) is 31.4. The Balaban J connectivity index is 0.000000149. The maximum atomic E-state index is 13.3. The molecule has 2 N–H and O–H groups in total. The number of anilines is 3. The van der Waals surface area contributed by atoms with Gasteiger partial charge in [0.25, 0.3) is 0 Å². The van der Waals surface area contributed by atoms with Crippen LogP contribution in [0.3, 0.4) is 0 Å². The molecule has 20 heteroatoms. The number of halogens is 5. The summed E-state index contributed by atoms with van der Waals surface area (Å²) in [7, 11) is 1.93. The summed E-state index contributed by atoms with van der Waals surface area (Å²) < 4.78 is 24.9. The Hall–Kier alpha value is -5.85. The van der Waals surface area contributed by atoms with E-state index in [1.165, 1.54) is 23.5 Å². The van der Waals surface area contributed by atoms with Crippen molar-refractivity contribution in [1.82, 2.24) is 43.4 Å². The fourth-order valence-corrected chi connectivity index (χ4v) is 11.1. The number of thiazole rings is 1. The van der Waals surface area contributed by atoms with Gasteiger partial charge in [0.2, 0.25) is 0 Å². The van der Waals surface area contributed by atoms with E-state index in [2.05, 4.69) is 136 Å². The summed E-state index contributed by atoms with van der Waals surface area (Å²) in [6.07, 6.45) is 3.32. The van der Waals surface area contributed by atoms with Crippen molar-refractivity contribution >= 4 is 119 Å². The zero-order valence-electron chi connectivity index (χ0n) is 40.5. The topological polar surface area (TPSA) is 165 Å². The maximum absolute atomic E-state index is 13.3. The number of nitrogens with zero attached hydrogens (tertiary/aromatic N) is 12. The van der Waals surface area contributed by atoms with Crippen LogP contribution in [0.25, 0.3) is 33.3 Å². The second-order valence-electron chi connectivity index (χ2n) is 16.4. The van der Waals surface area contributed by atoms with Crippen LogP contribution in [0, 0.1) is 49.8 Å². The molecule has 0 radical (unpaired) electrons. The van der Waals surface area contributed by atoms with Crippen molar-refractivity contribution in [3.8, 4) is 17.3 Å². The van der Waals surface area contributed by atoms with Gasteiger partial charge in [-0.25, -0.2) is 27.4 Å². The maximum Gasteiger partial charge on any atom is 0.191 e. The molecule has 10 aromatic rings. The SMILES string of the molecule is CCc1cc2cc(Br)cc(C)n2n1.CCc1nn2c(C)cc(Br)cc2c1N.CCc1nn2c(C)cc(Br)cc2c1N(C)c1nc(-c2ccc(F)cc2)c(C#N)s1.CCc1nn2c(C)cc(Br)cc2c1N=O. The summed E-state index contributed by atoms with van der Waals surface area (Å²) in [5.74, 6) is -0.320. The minimum atomic E-state index is -0.320. The smallest absolute Gasteiger partial charge is 0.191 e. The van der Waals surface area contributed by atoms with Crippen LogP contribution in [0.2, 0.25) is 0 Å². The molecule has 0 unspecified atom stereocenters. The van der Waals surface area contributed by atoms with Crippen LogP contribution < -0.4 is 10.6 Å². The molecule has 71 heavy (non-hydrogen) atoms. The van der Waals surface area contributed by atoms with Gasteiger partial charge in [0.15, 0.2) is 10.8 Å². The molecule has 0 saturated carbocycles. The fraction of sp³-hybridized carbons (Fsp3) is 0.255. The average molecular weight is 1230 g/mol. The van der Waals surface area contributed by atoms with Crippen LogP contribution in [0.5, 0.6) is 0 Å². The molecular weight excluding hydrogens is 1180 g/mol. The Morgan fingerprint density at radius 3 is 1.70 bits per heavy atom. The number of aryl methyl sites for hydroxylation is 8. The van der Waals surface area contributed by atoms with Gasteiger partial charge in [0, 0.05) is 53.3 Å². The van der Waals surface area contributed by atoms with Crippen molar-refractivity contribution in [2.75, 3.05) is 17.7 Å². The normalized spacial score (nSPS) is 11.0. The van der Waals surface area contributed by atoms with Crippen LogP contribution in [0.4, 0.5) is 26.6 Å². The molecule has 0 amide bonds. The molecule has 14 nitrogen and oxygen atoms in total. The highest BCUT2D eigenvalue weighted by Crippen LogP contribution is 2.39. The summed E-state index contributed by atoms with van der Waals surface area (Å²) in [5.41, 5.74) is 21.3. The third-order valence-electron chi connectivity index (χ3n) is 11.5. The second kappa shape index (κ2) is 22.7. The molecule has 0 saturated heterocycles. The van der Waals surface area contributed by atoms with Gasteiger partial charge in [0.1, 0.15) is 22.5 Å². The van der Waals surface area contributed by atoms with Gasteiger partial charge in [-0.05, 0) is 137 Å². The Labute approximate surface area is 448 Å². The number of aromatic nitrogens is 9. The number of hydrogen-bond donors (Lipinski definition) is 1. The average Bonchev–Trinajstić information content (AvgIpc) is 4.18. The van der Waals surface area contributed by atoms with Crippen molar-refractivity contribution in [1.29, 1.82) is 5.26 Å². The molecular formula is C51H50Br4FN13OS. The van der Waals surface area contributed by atoms with Gasteiger partial charge in [-0.15, -0.1) is 4.91 Å². The van der Waals surface area contributed by atoms with E-state index in [-0.39, 0.29) is 5.82 Å². The molecule has 366 valence electrons. The van der Waals surface area contributed by atoms with E-state index in [1.54, 1.807) is 16.6 Å². The molecule has 9 heterocycles. The largest absolute Gasteiger partial charge is 0.395 e. The molecule has 0 aliphatic rings. The molecule has 0 aliphatic carbocycles. The highest BCUT2D eigenvalue weighted by Gasteiger charge is 2.23. The van der Waals surface area contributed by atoms with Gasteiger partial charge >= 0.3 is 0 Å². The minimum Gasteiger partial charge on any atom is -0.395 e. The van der Waals surface area contributed by atoms with Crippen LogP contribution in [-0.2, 0) is 25.7 Å². The van der Waals surface area contributed by atoms with Gasteiger partial charge in [-0.2, -0.15) is 25.7 Å². The van der Waals surface area contributed by atoms with Crippen molar-refractivity contribution in [2.24, 2.45) is 5.18 Å². The predicted octanol–water partition coefficient (Wildman–Crippen LogP) is 14.8. The molecule has 0 fully saturated rings. The number of pyridine rings is 4. The number of nitroso groups, excluding NO2 is 1. The van der Waals surface area contributed by atoms with Crippen LogP contribution in [-0.4, -0.2) is 50.5 Å². The van der Waals surface area contributed by atoms with Gasteiger partial charge in [0.05, 0.1) is 56.2 Å². The fourth-order valence-electron chi connectivity index (χ4n) is 8.01. The monoisotopic (exact) mass is 1230 g/mol. The van der Waals surface area contributed by atoms with E-state index in [9.17, 15) is 14.6 Å². The number of hydrogen-bond acceptors (Lipinski definition) is 11. The van der Waals surface area contributed by atoms with Gasteiger partial charge < -0.3 is 10.6 Å². The van der Waals surface area contributed by atoms with Crippen molar-refractivity contribution in [3.05, 3.63) is 158 Å². The quantitative estimate of drug-likeness (QED) is 0.146. The first-order valence-electron chi connectivity index (χ1n) is 22.6. The molecule has 1 aromatic carbocycles. The molecule has 10 rings (SSSR count). The number of nitriles is 1.